The fourth-order valence-electron chi connectivity index (χ4n) is 1.59. The lowest BCUT2D eigenvalue weighted by Gasteiger charge is -2.34. The van der Waals surface area contributed by atoms with Crippen molar-refractivity contribution in [3.05, 3.63) is 23.9 Å². The second-order valence-electron chi connectivity index (χ2n) is 3.87. The molecule has 1 fully saturated rings. The summed E-state index contributed by atoms with van der Waals surface area (Å²) in [6.45, 7) is 14.0. The van der Waals surface area contributed by atoms with Crippen molar-refractivity contribution in [1.29, 1.82) is 0 Å². The van der Waals surface area contributed by atoms with Gasteiger partial charge in [-0.25, -0.2) is 4.98 Å². The van der Waals surface area contributed by atoms with Crippen LogP contribution in [-0.4, -0.2) is 24.2 Å². The third-order valence-electron chi connectivity index (χ3n) is 2.67. The van der Waals surface area contributed by atoms with Gasteiger partial charge in [0, 0.05) is 18.3 Å². The molecule has 3 nitrogen and oxygen atoms in total. The van der Waals surface area contributed by atoms with Crippen molar-refractivity contribution in [2.24, 2.45) is 0 Å². The van der Waals surface area contributed by atoms with Crippen molar-refractivity contribution >= 4 is 0 Å². The van der Waals surface area contributed by atoms with E-state index in [1.54, 1.807) is 0 Å². The molecule has 0 saturated heterocycles. The summed E-state index contributed by atoms with van der Waals surface area (Å²) in [6, 6.07) is 4.59. The van der Waals surface area contributed by atoms with Gasteiger partial charge in [0.2, 0.25) is 5.88 Å². The molecule has 1 heterocycles. The fourth-order valence-corrected chi connectivity index (χ4v) is 1.59. The third kappa shape index (κ3) is 8.16. The summed E-state index contributed by atoms with van der Waals surface area (Å²) in [4.78, 5) is 4.21. The minimum Gasteiger partial charge on any atom is -0.474 e. The predicted molar refractivity (Wildman–Crippen MR) is 89.5 cm³/mol. The summed E-state index contributed by atoms with van der Waals surface area (Å²) >= 11 is 0. The summed E-state index contributed by atoms with van der Waals surface area (Å²) in [5, 5.41) is 3.23. The van der Waals surface area contributed by atoms with Gasteiger partial charge in [0.25, 0.3) is 0 Å². The Bertz CT molecular complexity index is 292. The fraction of sp³-hybridized carbons (Fsp3) is 0.706. The summed E-state index contributed by atoms with van der Waals surface area (Å²) in [5.41, 5.74) is 1.17. The van der Waals surface area contributed by atoms with Crippen LogP contribution in [0.2, 0.25) is 0 Å². The molecule has 0 aliphatic heterocycles. The molecule has 1 N–H and O–H groups in total. The van der Waals surface area contributed by atoms with Crippen LogP contribution in [0.3, 0.4) is 0 Å². The van der Waals surface area contributed by atoms with Gasteiger partial charge in [-0.15, -0.1) is 0 Å². The first-order valence-electron chi connectivity index (χ1n) is 8.04. The van der Waals surface area contributed by atoms with Gasteiger partial charge in [0.05, 0.1) is 0 Å². The second kappa shape index (κ2) is 14.3. The highest BCUT2D eigenvalue weighted by atomic mass is 16.5. The molecule has 0 amide bonds. The zero-order valence-electron chi connectivity index (χ0n) is 14.7. The molecule has 1 saturated carbocycles. The number of ether oxygens (including phenoxy) is 1. The normalized spacial score (nSPS) is 18.8. The van der Waals surface area contributed by atoms with Crippen molar-refractivity contribution < 1.29 is 4.74 Å². The first kappa shape index (κ1) is 21.2. The van der Waals surface area contributed by atoms with E-state index in [0.29, 0.717) is 12.1 Å². The zero-order chi connectivity index (χ0) is 16.0. The number of aromatic nitrogens is 1. The predicted octanol–water partition coefficient (Wildman–Crippen LogP) is 4.60. The number of nitrogens with zero attached hydrogens (tertiary/aromatic N) is 1. The number of rotatable bonds is 3. The monoisotopic (exact) mass is 282 g/mol. The van der Waals surface area contributed by atoms with Crippen LogP contribution in [0.5, 0.6) is 5.88 Å². The van der Waals surface area contributed by atoms with E-state index in [0.717, 1.165) is 18.7 Å². The molecule has 0 unspecified atom stereocenters. The first-order valence-corrected chi connectivity index (χ1v) is 8.04. The van der Waals surface area contributed by atoms with Crippen molar-refractivity contribution in [3.63, 3.8) is 0 Å². The van der Waals surface area contributed by atoms with Gasteiger partial charge >= 0.3 is 0 Å². The van der Waals surface area contributed by atoms with Gasteiger partial charge in [0.1, 0.15) is 6.10 Å². The van der Waals surface area contributed by atoms with Crippen molar-refractivity contribution in [3.8, 4) is 5.88 Å². The minimum atomic E-state index is 0.350. The van der Waals surface area contributed by atoms with Gasteiger partial charge in [-0.05, 0) is 32.4 Å². The summed E-state index contributed by atoms with van der Waals surface area (Å²) in [7, 11) is 1.99. The van der Waals surface area contributed by atoms with Gasteiger partial charge in [0.15, 0.2) is 0 Å². The van der Waals surface area contributed by atoms with Crippen LogP contribution < -0.4 is 10.1 Å². The van der Waals surface area contributed by atoms with Crippen LogP contribution in [-0.2, 0) is 0 Å². The summed E-state index contributed by atoms with van der Waals surface area (Å²) in [6.07, 6.45) is 4.37. The molecule has 118 valence electrons. The molecular formula is C17H34N2O. The summed E-state index contributed by atoms with van der Waals surface area (Å²) < 4.78 is 5.69. The molecule has 0 spiro atoms. The standard InChI is InChI=1S/C11H16N2O.3C2H6/c1-8-3-4-11(13-7-8)14-10-5-9(6-10)12-2;3*1-2/h3-4,7,9-10,12H,5-6H2,1-2H3;3*1-2H3. The Morgan fingerprint density at radius 3 is 2.00 bits per heavy atom. The number of hydrogen-bond donors (Lipinski definition) is 1. The van der Waals surface area contributed by atoms with Crippen molar-refractivity contribution in [1.82, 2.24) is 10.3 Å². The highest BCUT2D eigenvalue weighted by Gasteiger charge is 2.29. The highest BCUT2D eigenvalue weighted by Crippen LogP contribution is 2.24. The molecule has 0 atom stereocenters. The Balaban J connectivity index is 0. The van der Waals surface area contributed by atoms with Crippen LogP contribution >= 0.6 is 0 Å². The Hall–Kier alpha value is -1.09. The SMILES string of the molecule is CC.CC.CC.CNC1CC(Oc2ccc(C)cn2)C1. The third-order valence-corrected chi connectivity index (χ3v) is 2.67. The summed E-state index contributed by atoms with van der Waals surface area (Å²) in [5.74, 6) is 0.746. The van der Waals surface area contributed by atoms with Gasteiger partial charge in [-0.3, -0.25) is 0 Å². The molecule has 0 aromatic carbocycles. The maximum Gasteiger partial charge on any atom is 0.213 e. The van der Waals surface area contributed by atoms with E-state index in [2.05, 4.69) is 10.3 Å². The lowest BCUT2D eigenvalue weighted by molar-refractivity contribution is 0.0839. The molecule has 1 aliphatic carbocycles. The van der Waals surface area contributed by atoms with E-state index in [4.69, 9.17) is 4.74 Å². The Morgan fingerprint density at radius 2 is 1.60 bits per heavy atom. The molecule has 3 heteroatoms. The van der Waals surface area contributed by atoms with E-state index < -0.39 is 0 Å². The van der Waals surface area contributed by atoms with Crippen molar-refractivity contribution in [2.75, 3.05) is 7.05 Å². The largest absolute Gasteiger partial charge is 0.474 e. The Labute approximate surface area is 126 Å². The molecule has 20 heavy (non-hydrogen) atoms. The van der Waals surface area contributed by atoms with Crippen LogP contribution in [0.25, 0.3) is 0 Å². The zero-order valence-corrected chi connectivity index (χ0v) is 14.7. The van der Waals surface area contributed by atoms with E-state index in [1.165, 1.54) is 5.56 Å². The highest BCUT2D eigenvalue weighted by molar-refractivity contribution is 5.16. The van der Waals surface area contributed by atoms with Gasteiger partial charge in [-0.2, -0.15) is 0 Å². The molecule has 1 aromatic rings. The molecule has 0 radical (unpaired) electrons. The van der Waals surface area contributed by atoms with Crippen LogP contribution in [0.1, 0.15) is 59.9 Å². The van der Waals surface area contributed by atoms with E-state index in [9.17, 15) is 0 Å². The maximum absolute atomic E-state index is 5.69. The second-order valence-corrected chi connectivity index (χ2v) is 3.87. The number of hydrogen-bond acceptors (Lipinski definition) is 3. The van der Waals surface area contributed by atoms with Crippen molar-refractivity contribution in [2.45, 2.75) is 73.5 Å². The van der Waals surface area contributed by atoms with Gasteiger partial charge in [-0.1, -0.05) is 47.6 Å². The lowest BCUT2D eigenvalue weighted by atomic mass is 9.89. The van der Waals surface area contributed by atoms with E-state index in [-0.39, 0.29) is 0 Å². The molecule has 0 bridgehead atoms. The average molecular weight is 282 g/mol. The first-order chi connectivity index (χ1) is 9.78. The van der Waals surface area contributed by atoms with E-state index >= 15 is 0 Å². The molecular weight excluding hydrogens is 248 g/mol. The number of pyridine rings is 1. The van der Waals surface area contributed by atoms with Crippen LogP contribution in [0, 0.1) is 6.92 Å². The number of aryl methyl sites for hydroxylation is 1. The molecule has 2 rings (SSSR count). The quantitative estimate of drug-likeness (QED) is 0.880. The van der Waals surface area contributed by atoms with Crippen LogP contribution in [0.4, 0.5) is 0 Å². The van der Waals surface area contributed by atoms with Gasteiger partial charge < -0.3 is 10.1 Å². The topological polar surface area (TPSA) is 34.1 Å². The van der Waals surface area contributed by atoms with E-state index in [1.807, 2.05) is 73.8 Å². The van der Waals surface area contributed by atoms with Crippen LogP contribution in [0.15, 0.2) is 18.3 Å². The Kier molecular flexibility index (Phi) is 15.2. The Morgan fingerprint density at radius 1 is 1.05 bits per heavy atom. The lowest BCUT2D eigenvalue weighted by Crippen LogP contribution is -2.45. The number of nitrogens with one attached hydrogen (secondary N) is 1. The molecule has 1 aromatic heterocycles. The maximum atomic E-state index is 5.69. The minimum absolute atomic E-state index is 0.350. The smallest absolute Gasteiger partial charge is 0.213 e. The average Bonchev–Trinajstić information content (AvgIpc) is 2.50. The molecule has 1 aliphatic rings.